The molecular formula is C22H16Cl2N4O2. The zero-order valence-corrected chi connectivity index (χ0v) is 17.1. The van der Waals surface area contributed by atoms with Crippen LogP contribution in [0.3, 0.4) is 0 Å². The quantitative estimate of drug-likeness (QED) is 0.384. The maximum Gasteiger partial charge on any atom is 0.274 e. The van der Waals surface area contributed by atoms with Crippen molar-refractivity contribution in [1.29, 1.82) is 0 Å². The Morgan fingerprint density at radius 3 is 2.60 bits per heavy atom. The van der Waals surface area contributed by atoms with E-state index in [9.17, 15) is 4.79 Å². The zero-order valence-electron chi connectivity index (χ0n) is 15.6. The molecule has 1 N–H and O–H groups in total. The average molecular weight is 439 g/mol. The van der Waals surface area contributed by atoms with Crippen LogP contribution in [0.2, 0.25) is 10.0 Å². The number of hydrogen-bond donors (Lipinski definition) is 1. The summed E-state index contributed by atoms with van der Waals surface area (Å²) in [5.41, 5.74) is 1.71. The third-order valence-corrected chi connectivity index (χ3v) is 4.83. The minimum Gasteiger partial charge on any atom is -0.461 e. The second-order valence-corrected chi connectivity index (χ2v) is 7.16. The highest BCUT2D eigenvalue weighted by Gasteiger charge is 2.17. The van der Waals surface area contributed by atoms with Gasteiger partial charge < -0.3 is 9.73 Å². The zero-order chi connectivity index (χ0) is 20.9. The number of nitrogens with zero attached hydrogens (tertiary/aromatic N) is 3. The Bertz CT molecular complexity index is 1180. The second-order valence-electron chi connectivity index (χ2n) is 6.32. The molecule has 0 amide bonds. The molecule has 6 nitrogen and oxygen atoms in total. The van der Waals surface area contributed by atoms with Gasteiger partial charge in [0.25, 0.3) is 5.91 Å². The van der Waals surface area contributed by atoms with E-state index in [2.05, 4.69) is 15.4 Å². The first-order valence-electron chi connectivity index (χ1n) is 9.06. The molecule has 0 fully saturated rings. The van der Waals surface area contributed by atoms with E-state index in [1.54, 1.807) is 36.4 Å². The number of rotatable bonds is 6. The van der Waals surface area contributed by atoms with Crippen molar-refractivity contribution >= 4 is 41.1 Å². The Balaban J connectivity index is 1.60. The Kier molecular flexibility index (Phi) is 5.97. The highest BCUT2D eigenvalue weighted by Crippen LogP contribution is 2.20. The lowest BCUT2D eigenvalue weighted by Gasteiger charge is -2.06. The molecule has 8 heteroatoms. The van der Waals surface area contributed by atoms with Gasteiger partial charge in [-0.2, -0.15) is 9.67 Å². The Morgan fingerprint density at radius 2 is 1.87 bits per heavy atom. The minimum absolute atomic E-state index is 0.296. The predicted octanol–water partition coefficient (Wildman–Crippen LogP) is 5.81. The summed E-state index contributed by atoms with van der Waals surface area (Å²) in [6.45, 7) is 0.439. The summed E-state index contributed by atoms with van der Waals surface area (Å²) in [5, 5.41) is 8.66. The van der Waals surface area contributed by atoms with Crippen LogP contribution in [-0.4, -0.2) is 20.7 Å². The molecule has 0 aliphatic rings. The lowest BCUT2D eigenvalue weighted by atomic mass is 10.2. The standard InChI is InChI=1S/C22H16Cl2N4O2/c23-17-10-7-15(8-11-17)14-25-22-26-21(19-6-3-13-30-19)27-28(22)20(29)12-9-16-4-1-2-5-18(16)24/h1-13H,14H2,(H,25,26,27). The minimum atomic E-state index is -0.376. The third kappa shape index (κ3) is 4.62. The SMILES string of the molecule is O=C(C=Cc1ccccc1Cl)n1nc(-c2ccco2)nc1NCc1ccc(Cl)cc1. The molecule has 0 bridgehead atoms. The van der Waals surface area contributed by atoms with Crippen molar-refractivity contribution in [2.75, 3.05) is 5.32 Å². The van der Waals surface area contributed by atoms with Crippen LogP contribution in [0.5, 0.6) is 0 Å². The fraction of sp³-hybridized carbons (Fsp3) is 0.0455. The summed E-state index contributed by atoms with van der Waals surface area (Å²) in [7, 11) is 0. The monoisotopic (exact) mass is 438 g/mol. The molecule has 30 heavy (non-hydrogen) atoms. The summed E-state index contributed by atoms with van der Waals surface area (Å²) in [5.74, 6) is 0.688. The highest BCUT2D eigenvalue weighted by atomic mass is 35.5. The lowest BCUT2D eigenvalue weighted by Crippen LogP contribution is -2.14. The molecule has 0 atom stereocenters. The van der Waals surface area contributed by atoms with Crippen LogP contribution < -0.4 is 5.32 Å². The Hall–Kier alpha value is -3.35. The number of aromatic nitrogens is 3. The van der Waals surface area contributed by atoms with Gasteiger partial charge in [0.15, 0.2) is 5.76 Å². The van der Waals surface area contributed by atoms with Gasteiger partial charge in [-0.1, -0.05) is 53.5 Å². The summed E-state index contributed by atoms with van der Waals surface area (Å²) in [6, 6.07) is 18.1. The van der Waals surface area contributed by atoms with E-state index in [1.165, 1.54) is 17.0 Å². The fourth-order valence-corrected chi connectivity index (χ4v) is 3.04. The largest absolute Gasteiger partial charge is 0.461 e. The lowest BCUT2D eigenvalue weighted by molar-refractivity contribution is 0.0957. The smallest absolute Gasteiger partial charge is 0.274 e. The number of furan rings is 1. The summed E-state index contributed by atoms with van der Waals surface area (Å²) < 4.78 is 6.56. The van der Waals surface area contributed by atoms with Crippen molar-refractivity contribution in [3.63, 3.8) is 0 Å². The molecule has 0 radical (unpaired) electrons. The number of halogens is 2. The van der Waals surface area contributed by atoms with Gasteiger partial charge in [-0.25, -0.2) is 0 Å². The molecule has 2 aromatic carbocycles. The van der Waals surface area contributed by atoms with E-state index in [1.807, 2.05) is 30.3 Å². The first kappa shape index (κ1) is 19.9. The number of carbonyl (C=O) groups excluding carboxylic acids is 1. The van der Waals surface area contributed by atoms with Gasteiger partial charge in [0.2, 0.25) is 11.8 Å². The Morgan fingerprint density at radius 1 is 1.07 bits per heavy atom. The van der Waals surface area contributed by atoms with Crippen LogP contribution in [0.25, 0.3) is 17.7 Å². The van der Waals surface area contributed by atoms with Crippen molar-refractivity contribution in [2.45, 2.75) is 6.54 Å². The first-order chi connectivity index (χ1) is 14.6. The first-order valence-corrected chi connectivity index (χ1v) is 9.82. The molecule has 0 aliphatic heterocycles. The van der Waals surface area contributed by atoms with Crippen LogP contribution in [-0.2, 0) is 6.54 Å². The van der Waals surface area contributed by atoms with Crippen LogP contribution in [0, 0.1) is 0 Å². The van der Waals surface area contributed by atoms with E-state index in [-0.39, 0.29) is 5.91 Å². The molecule has 150 valence electrons. The van der Waals surface area contributed by atoms with Crippen molar-refractivity contribution in [1.82, 2.24) is 14.8 Å². The number of anilines is 1. The highest BCUT2D eigenvalue weighted by molar-refractivity contribution is 6.32. The molecule has 0 unspecified atom stereocenters. The van der Waals surface area contributed by atoms with E-state index in [0.717, 1.165) is 11.1 Å². The van der Waals surface area contributed by atoms with Crippen LogP contribution in [0.15, 0.2) is 77.4 Å². The van der Waals surface area contributed by atoms with Gasteiger partial charge in [-0.05, 0) is 47.5 Å². The topological polar surface area (TPSA) is 73.0 Å². The van der Waals surface area contributed by atoms with Crippen molar-refractivity contribution in [2.24, 2.45) is 0 Å². The fourth-order valence-electron chi connectivity index (χ4n) is 2.72. The van der Waals surface area contributed by atoms with Gasteiger partial charge in [-0.3, -0.25) is 4.79 Å². The van der Waals surface area contributed by atoms with Gasteiger partial charge in [0.1, 0.15) is 0 Å². The molecule has 4 aromatic rings. The van der Waals surface area contributed by atoms with Crippen molar-refractivity contribution < 1.29 is 9.21 Å². The molecule has 0 aliphatic carbocycles. The van der Waals surface area contributed by atoms with Crippen molar-refractivity contribution in [3.8, 4) is 11.6 Å². The van der Waals surface area contributed by atoms with Gasteiger partial charge in [-0.15, -0.1) is 5.10 Å². The van der Waals surface area contributed by atoms with Crippen molar-refractivity contribution in [3.05, 3.63) is 94.2 Å². The molecule has 0 saturated carbocycles. The molecule has 0 spiro atoms. The maximum absolute atomic E-state index is 12.8. The van der Waals surface area contributed by atoms with Gasteiger partial charge in [0.05, 0.1) is 6.26 Å². The molecular weight excluding hydrogens is 423 g/mol. The average Bonchev–Trinajstić information content (AvgIpc) is 3.42. The van der Waals surface area contributed by atoms with E-state index < -0.39 is 0 Å². The predicted molar refractivity (Wildman–Crippen MR) is 118 cm³/mol. The van der Waals surface area contributed by atoms with E-state index >= 15 is 0 Å². The van der Waals surface area contributed by atoms with E-state index in [0.29, 0.717) is 34.1 Å². The van der Waals surface area contributed by atoms with Gasteiger partial charge in [0, 0.05) is 22.7 Å². The number of benzene rings is 2. The summed E-state index contributed by atoms with van der Waals surface area (Å²) >= 11 is 12.1. The Labute approximate surface area is 182 Å². The molecule has 4 rings (SSSR count). The number of allylic oxidation sites excluding steroid dienone is 1. The normalized spacial score (nSPS) is 11.1. The summed E-state index contributed by atoms with van der Waals surface area (Å²) in [6.07, 6.45) is 4.56. The maximum atomic E-state index is 12.8. The second kappa shape index (κ2) is 8.98. The van der Waals surface area contributed by atoms with Gasteiger partial charge >= 0.3 is 0 Å². The number of carbonyl (C=O) groups is 1. The molecule has 2 aromatic heterocycles. The molecule has 0 saturated heterocycles. The van der Waals surface area contributed by atoms with Crippen LogP contribution in [0.1, 0.15) is 15.9 Å². The number of nitrogens with one attached hydrogen (secondary N) is 1. The number of hydrogen-bond acceptors (Lipinski definition) is 5. The van der Waals surface area contributed by atoms with Crippen LogP contribution in [0.4, 0.5) is 5.95 Å². The summed E-state index contributed by atoms with van der Waals surface area (Å²) in [4.78, 5) is 17.3. The van der Waals surface area contributed by atoms with E-state index in [4.69, 9.17) is 27.6 Å². The molecule has 2 heterocycles. The van der Waals surface area contributed by atoms with Crippen LogP contribution >= 0.6 is 23.2 Å². The third-order valence-electron chi connectivity index (χ3n) is 4.23.